The molecule has 1 aliphatic heterocycles. The number of morpholine rings is 1. The summed E-state index contributed by atoms with van der Waals surface area (Å²) in [6.07, 6.45) is 6.21. The number of aromatic nitrogens is 3. The number of nitrogens with zero attached hydrogens (tertiary/aromatic N) is 4. The van der Waals surface area contributed by atoms with Gasteiger partial charge in [-0.05, 0) is 37.0 Å². The fourth-order valence-electron chi connectivity index (χ4n) is 3.09. The zero-order valence-corrected chi connectivity index (χ0v) is 14.4. The predicted octanol–water partition coefficient (Wildman–Crippen LogP) is 1.85. The second-order valence-corrected chi connectivity index (χ2v) is 6.72. The van der Waals surface area contributed by atoms with Crippen LogP contribution in [0, 0.1) is 5.92 Å². The number of nitrogens with one attached hydrogen (secondary N) is 1. The van der Waals surface area contributed by atoms with E-state index in [0.717, 1.165) is 18.3 Å². The number of carbonyl (C=O) groups is 1. The van der Waals surface area contributed by atoms with E-state index < -0.39 is 0 Å². The first-order chi connectivity index (χ1) is 12.2. The van der Waals surface area contributed by atoms with Gasteiger partial charge in [-0.25, -0.2) is 9.97 Å². The standard InChI is InChI=1S/C18H23N5O2/c1-22-8-2-3-14(22)18(24)23-9-10-25-12-15(23)17-19-7-6-16(21-17)20-11-13-4-5-13/h2-3,6-8,13,15H,4-5,9-12H2,1H3,(H,19,20,21)/t15-/m0/s1. The van der Waals surface area contributed by atoms with Gasteiger partial charge in [-0.3, -0.25) is 4.79 Å². The van der Waals surface area contributed by atoms with Gasteiger partial charge in [-0.2, -0.15) is 0 Å². The Balaban J connectivity index is 1.55. The van der Waals surface area contributed by atoms with Crippen molar-refractivity contribution in [3.05, 3.63) is 42.1 Å². The monoisotopic (exact) mass is 341 g/mol. The number of ether oxygens (including phenoxy) is 1. The zero-order valence-electron chi connectivity index (χ0n) is 14.4. The highest BCUT2D eigenvalue weighted by molar-refractivity contribution is 5.93. The van der Waals surface area contributed by atoms with Gasteiger partial charge in [0.15, 0.2) is 5.82 Å². The van der Waals surface area contributed by atoms with Gasteiger partial charge in [0.25, 0.3) is 5.91 Å². The summed E-state index contributed by atoms with van der Waals surface area (Å²) >= 11 is 0. The SMILES string of the molecule is Cn1cccc1C(=O)N1CCOC[C@H]1c1nccc(NCC2CC2)n1. The van der Waals surface area contributed by atoms with Gasteiger partial charge in [0.1, 0.15) is 17.6 Å². The van der Waals surface area contributed by atoms with Crippen molar-refractivity contribution in [1.82, 2.24) is 19.4 Å². The van der Waals surface area contributed by atoms with E-state index in [9.17, 15) is 4.79 Å². The van der Waals surface area contributed by atoms with Crippen molar-refractivity contribution < 1.29 is 9.53 Å². The predicted molar refractivity (Wildman–Crippen MR) is 93.3 cm³/mol. The van der Waals surface area contributed by atoms with Gasteiger partial charge in [0, 0.05) is 32.5 Å². The van der Waals surface area contributed by atoms with Gasteiger partial charge >= 0.3 is 0 Å². The van der Waals surface area contributed by atoms with Gasteiger partial charge in [-0.1, -0.05) is 0 Å². The van der Waals surface area contributed by atoms with Crippen molar-refractivity contribution in [3.8, 4) is 0 Å². The number of anilines is 1. The summed E-state index contributed by atoms with van der Waals surface area (Å²) in [7, 11) is 1.88. The normalized spacial score (nSPS) is 20.5. The molecule has 1 aliphatic carbocycles. The summed E-state index contributed by atoms with van der Waals surface area (Å²) in [6, 6.07) is 5.32. The van der Waals surface area contributed by atoms with Crippen molar-refractivity contribution in [3.63, 3.8) is 0 Å². The number of rotatable bonds is 5. The Morgan fingerprint density at radius 1 is 1.40 bits per heavy atom. The first kappa shape index (κ1) is 16.1. The van der Waals surface area contributed by atoms with Crippen LogP contribution in [-0.2, 0) is 11.8 Å². The molecule has 0 bridgehead atoms. The molecule has 25 heavy (non-hydrogen) atoms. The molecule has 0 spiro atoms. The number of carbonyl (C=O) groups excluding carboxylic acids is 1. The van der Waals surface area contributed by atoms with Gasteiger partial charge in [0.05, 0.1) is 13.2 Å². The Hall–Kier alpha value is -2.41. The van der Waals surface area contributed by atoms with E-state index in [4.69, 9.17) is 4.74 Å². The van der Waals surface area contributed by atoms with Crippen molar-refractivity contribution in [2.75, 3.05) is 31.6 Å². The van der Waals surface area contributed by atoms with Crippen molar-refractivity contribution in [1.29, 1.82) is 0 Å². The van der Waals surface area contributed by atoms with Crippen LogP contribution >= 0.6 is 0 Å². The molecule has 0 unspecified atom stereocenters. The summed E-state index contributed by atoms with van der Waals surface area (Å²) < 4.78 is 7.45. The molecule has 0 aromatic carbocycles. The molecule has 2 fully saturated rings. The molecular formula is C18H23N5O2. The molecule has 1 atom stereocenters. The van der Waals surface area contributed by atoms with Crippen molar-refractivity contribution in [2.45, 2.75) is 18.9 Å². The maximum absolute atomic E-state index is 13.0. The lowest BCUT2D eigenvalue weighted by Gasteiger charge is -2.34. The molecule has 7 heteroatoms. The maximum atomic E-state index is 13.0. The molecule has 3 heterocycles. The Bertz CT molecular complexity index is 755. The highest BCUT2D eigenvalue weighted by Crippen LogP contribution is 2.29. The second kappa shape index (κ2) is 6.84. The number of hydrogen-bond acceptors (Lipinski definition) is 5. The Morgan fingerprint density at radius 3 is 3.04 bits per heavy atom. The van der Waals surface area contributed by atoms with E-state index in [1.165, 1.54) is 12.8 Å². The van der Waals surface area contributed by atoms with Gasteiger partial charge in [0.2, 0.25) is 0 Å². The van der Waals surface area contributed by atoms with Crippen LogP contribution in [0.1, 0.15) is 35.2 Å². The van der Waals surface area contributed by atoms with Crippen LogP contribution in [0.15, 0.2) is 30.6 Å². The highest BCUT2D eigenvalue weighted by Gasteiger charge is 2.32. The lowest BCUT2D eigenvalue weighted by atomic mass is 10.2. The molecule has 1 amide bonds. The third-order valence-electron chi connectivity index (χ3n) is 4.79. The maximum Gasteiger partial charge on any atom is 0.271 e. The molecule has 1 N–H and O–H groups in total. The average molecular weight is 341 g/mol. The summed E-state index contributed by atoms with van der Waals surface area (Å²) in [4.78, 5) is 23.8. The zero-order chi connectivity index (χ0) is 17.2. The first-order valence-corrected chi connectivity index (χ1v) is 8.79. The fraction of sp³-hybridized carbons (Fsp3) is 0.500. The minimum atomic E-state index is -0.265. The molecule has 2 aromatic rings. The molecule has 4 rings (SSSR count). The van der Waals surface area contributed by atoms with Crippen LogP contribution < -0.4 is 5.32 Å². The second-order valence-electron chi connectivity index (χ2n) is 6.72. The summed E-state index contributed by atoms with van der Waals surface area (Å²) in [5, 5.41) is 3.37. The molecule has 7 nitrogen and oxygen atoms in total. The van der Waals surface area contributed by atoms with Crippen LogP contribution in [0.25, 0.3) is 0 Å². The van der Waals surface area contributed by atoms with Crippen LogP contribution in [0.2, 0.25) is 0 Å². The molecule has 1 saturated carbocycles. The third kappa shape index (κ3) is 3.51. The van der Waals surface area contributed by atoms with Gasteiger partial charge < -0.3 is 19.5 Å². The minimum Gasteiger partial charge on any atom is -0.377 e. The Kier molecular flexibility index (Phi) is 4.40. The quantitative estimate of drug-likeness (QED) is 0.899. The van der Waals surface area contributed by atoms with Crippen molar-refractivity contribution in [2.24, 2.45) is 13.0 Å². The lowest BCUT2D eigenvalue weighted by molar-refractivity contribution is -0.00567. The smallest absolute Gasteiger partial charge is 0.271 e. The molecule has 0 radical (unpaired) electrons. The van der Waals surface area contributed by atoms with Crippen molar-refractivity contribution >= 4 is 11.7 Å². The summed E-state index contributed by atoms with van der Waals surface area (Å²) in [5.74, 6) is 2.20. The summed E-state index contributed by atoms with van der Waals surface area (Å²) in [6.45, 7) is 2.44. The van der Waals surface area contributed by atoms with E-state index in [0.29, 0.717) is 31.3 Å². The van der Waals surface area contributed by atoms with Crippen LogP contribution in [0.3, 0.4) is 0 Å². The van der Waals surface area contributed by atoms with Crippen LogP contribution in [-0.4, -0.2) is 51.6 Å². The lowest BCUT2D eigenvalue weighted by Crippen LogP contribution is -2.44. The number of hydrogen-bond donors (Lipinski definition) is 1. The summed E-state index contributed by atoms with van der Waals surface area (Å²) in [5.41, 5.74) is 0.662. The van der Waals surface area contributed by atoms with Gasteiger partial charge in [-0.15, -0.1) is 0 Å². The Morgan fingerprint density at radius 2 is 2.28 bits per heavy atom. The molecular weight excluding hydrogens is 318 g/mol. The Labute approximate surface area is 147 Å². The van der Waals surface area contributed by atoms with Crippen LogP contribution in [0.5, 0.6) is 0 Å². The fourth-order valence-corrected chi connectivity index (χ4v) is 3.09. The molecule has 132 valence electrons. The average Bonchev–Trinajstić information content (AvgIpc) is 3.39. The van der Waals surface area contributed by atoms with E-state index in [1.807, 2.05) is 40.9 Å². The number of amides is 1. The third-order valence-corrected chi connectivity index (χ3v) is 4.79. The van der Waals surface area contributed by atoms with E-state index in [1.54, 1.807) is 6.20 Å². The van der Waals surface area contributed by atoms with Crippen LogP contribution in [0.4, 0.5) is 5.82 Å². The molecule has 2 aliphatic rings. The van der Waals surface area contributed by atoms with E-state index in [-0.39, 0.29) is 11.9 Å². The molecule has 2 aromatic heterocycles. The first-order valence-electron chi connectivity index (χ1n) is 8.79. The number of aryl methyl sites for hydroxylation is 1. The largest absolute Gasteiger partial charge is 0.377 e. The topological polar surface area (TPSA) is 72.3 Å². The highest BCUT2D eigenvalue weighted by atomic mass is 16.5. The molecule has 1 saturated heterocycles. The van der Waals surface area contributed by atoms with E-state index >= 15 is 0 Å². The minimum absolute atomic E-state index is 0.0132. The van der Waals surface area contributed by atoms with E-state index in [2.05, 4.69) is 15.3 Å².